The van der Waals surface area contributed by atoms with E-state index < -0.39 is 28.0 Å². The maximum Gasteiger partial charge on any atom is 0.136 e. The second kappa shape index (κ2) is 10.3. The quantitative estimate of drug-likeness (QED) is 0.599. The van der Waals surface area contributed by atoms with Gasteiger partial charge < -0.3 is 14.0 Å². The van der Waals surface area contributed by atoms with Gasteiger partial charge >= 0.3 is 0 Å². The van der Waals surface area contributed by atoms with Gasteiger partial charge in [-0.3, -0.25) is 0 Å². The number of rotatable bonds is 9. The highest BCUT2D eigenvalue weighted by Gasteiger charge is 2.33. The predicted molar refractivity (Wildman–Crippen MR) is 112 cm³/mol. The Balaban J connectivity index is 2.25. The highest BCUT2D eigenvalue weighted by Crippen LogP contribution is 2.28. The zero-order valence-electron chi connectivity index (χ0n) is 17.2. The number of hydrogen-bond acceptors (Lipinski definition) is 4. The van der Waals surface area contributed by atoms with Crippen LogP contribution in [0.2, 0.25) is 0 Å². The van der Waals surface area contributed by atoms with Crippen molar-refractivity contribution in [1.29, 1.82) is 0 Å². The molecule has 0 aromatic heterocycles. The van der Waals surface area contributed by atoms with Crippen LogP contribution in [0.1, 0.15) is 51.8 Å². The third-order valence-corrected chi connectivity index (χ3v) is 5.76. The molecule has 1 N–H and O–H groups in total. The molecule has 2 aromatic rings. The topological polar surface area (TPSA) is 53.5 Å². The molecule has 0 aliphatic carbocycles. The van der Waals surface area contributed by atoms with E-state index >= 15 is 0 Å². The van der Waals surface area contributed by atoms with E-state index in [1.165, 1.54) is 12.1 Å². The van der Waals surface area contributed by atoms with E-state index in [4.69, 9.17) is 9.47 Å². The lowest BCUT2D eigenvalue weighted by molar-refractivity contribution is 0.0316. The van der Waals surface area contributed by atoms with Crippen molar-refractivity contribution in [2.75, 3.05) is 6.61 Å². The Morgan fingerprint density at radius 3 is 2.43 bits per heavy atom. The molecule has 0 aliphatic heterocycles. The Bertz CT molecular complexity index is 736. The summed E-state index contributed by atoms with van der Waals surface area (Å²) in [6.07, 6.45) is -0.345. The number of halogens is 1. The molecular weight excluding hydrogens is 377 g/mol. The predicted octanol–water partition coefficient (Wildman–Crippen LogP) is 4.92. The van der Waals surface area contributed by atoms with Gasteiger partial charge in [-0.2, -0.15) is 0 Å². The monoisotopic (exact) mass is 407 g/mol. The lowest BCUT2D eigenvalue weighted by Crippen LogP contribution is -2.44. The Hall–Kier alpha value is -1.60. The van der Waals surface area contributed by atoms with Crippen molar-refractivity contribution in [2.24, 2.45) is 0 Å². The van der Waals surface area contributed by atoms with Crippen LogP contribution in [0, 0.1) is 5.82 Å². The van der Waals surface area contributed by atoms with E-state index in [1.54, 1.807) is 6.07 Å². The van der Waals surface area contributed by atoms with Gasteiger partial charge in [-0.05, 0) is 57.9 Å². The molecule has 2 rings (SSSR count). The molecule has 0 unspecified atom stereocenters. The Labute approximate surface area is 170 Å². The molecule has 0 aliphatic rings. The molecule has 6 heteroatoms. The van der Waals surface area contributed by atoms with E-state index in [0.29, 0.717) is 24.5 Å². The van der Waals surface area contributed by atoms with Crippen LogP contribution in [0.15, 0.2) is 48.5 Å². The van der Waals surface area contributed by atoms with Gasteiger partial charge in [0, 0.05) is 17.4 Å². The SMILES string of the molecule is CCOc1cc(F)cc([C@H](N[S@@+]([O-])C(C)(C)C)[C@H](C)OCc2ccccc2)c1. The maximum absolute atomic E-state index is 14.2. The zero-order valence-corrected chi connectivity index (χ0v) is 18.0. The van der Waals surface area contributed by atoms with Crippen molar-refractivity contribution in [2.45, 2.75) is 58.1 Å². The van der Waals surface area contributed by atoms with Crippen molar-refractivity contribution in [1.82, 2.24) is 4.72 Å². The third kappa shape index (κ3) is 6.78. The number of hydrogen-bond donors (Lipinski definition) is 1. The maximum atomic E-state index is 14.2. The molecule has 2 aromatic carbocycles. The minimum absolute atomic E-state index is 0.345. The summed E-state index contributed by atoms with van der Waals surface area (Å²) in [4.78, 5) is 0. The van der Waals surface area contributed by atoms with Crippen LogP contribution in [0.5, 0.6) is 5.75 Å². The number of nitrogens with one attached hydrogen (secondary N) is 1. The zero-order chi connectivity index (χ0) is 20.7. The van der Waals surface area contributed by atoms with Gasteiger partial charge in [-0.25, -0.2) is 4.39 Å². The average Bonchev–Trinajstić information content (AvgIpc) is 2.63. The molecule has 0 spiro atoms. The first-order valence-corrected chi connectivity index (χ1v) is 10.6. The molecule has 3 atom stereocenters. The smallest absolute Gasteiger partial charge is 0.136 e. The molecular formula is C22H30FNO3S. The first-order chi connectivity index (χ1) is 13.2. The minimum Gasteiger partial charge on any atom is -0.598 e. The molecule has 0 heterocycles. The fourth-order valence-electron chi connectivity index (χ4n) is 2.64. The summed E-state index contributed by atoms with van der Waals surface area (Å²) >= 11 is -1.35. The van der Waals surface area contributed by atoms with Gasteiger partial charge in [0.1, 0.15) is 22.4 Å². The molecule has 0 fully saturated rings. The van der Waals surface area contributed by atoms with Crippen LogP contribution < -0.4 is 9.46 Å². The van der Waals surface area contributed by atoms with E-state index in [0.717, 1.165) is 5.56 Å². The van der Waals surface area contributed by atoms with Gasteiger partial charge in [0.15, 0.2) is 0 Å². The molecule has 0 amide bonds. The summed E-state index contributed by atoms with van der Waals surface area (Å²) in [5.41, 5.74) is 1.68. The van der Waals surface area contributed by atoms with Crippen LogP contribution in [-0.4, -0.2) is 22.0 Å². The van der Waals surface area contributed by atoms with Crippen LogP contribution in [0.3, 0.4) is 0 Å². The van der Waals surface area contributed by atoms with Crippen molar-refractivity contribution in [3.63, 3.8) is 0 Å². The fraction of sp³-hybridized carbons (Fsp3) is 0.455. The highest BCUT2D eigenvalue weighted by molar-refractivity contribution is 7.90. The average molecular weight is 408 g/mol. The lowest BCUT2D eigenvalue weighted by atomic mass is 10.0. The standard InChI is InChI=1S/C22H30FNO3S/c1-6-26-20-13-18(12-19(23)14-20)21(24-28(25)22(3,4)5)16(2)27-15-17-10-8-7-9-11-17/h7-14,16,21,24H,6,15H2,1-5H3/t16-,21+,28-/m0/s1. The molecule has 4 nitrogen and oxygen atoms in total. The van der Waals surface area contributed by atoms with E-state index in [9.17, 15) is 8.94 Å². The minimum atomic E-state index is -1.35. The summed E-state index contributed by atoms with van der Waals surface area (Å²) < 4.78 is 41.1. The van der Waals surface area contributed by atoms with Crippen molar-refractivity contribution in [3.05, 3.63) is 65.5 Å². The molecule has 154 valence electrons. The first-order valence-electron chi connectivity index (χ1n) is 9.47. The van der Waals surface area contributed by atoms with Gasteiger partial charge in [-0.15, -0.1) is 4.72 Å². The summed E-state index contributed by atoms with van der Waals surface area (Å²) in [5.74, 6) is 0.0469. The van der Waals surface area contributed by atoms with Gasteiger partial charge in [0.25, 0.3) is 0 Å². The summed E-state index contributed by atoms with van der Waals surface area (Å²) in [6, 6.07) is 13.9. The Kier molecular flexibility index (Phi) is 8.31. The number of ether oxygens (including phenoxy) is 2. The van der Waals surface area contributed by atoms with Crippen LogP contribution in [-0.2, 0) is 22.7 Å². The van der Waals surface area contributed by atoms with Crippen molar-refractivity contribution < 1.29 is 18.4 Å². The van der Waals surface area contributed by atoms with E-state index in [2.05, 4.69) is 4.72 Å². The summed E-state index contributed by atoms with van der Waals surface area (Å²) in [6.45, 7) is 10.3. The lowest BCUT2D eigenvalue weighted by Gasteiger charge is -2.31. The largest absolute Gasteiger partial charge is 0.598 e. The molecule has 0 saturated carbocycles. The highest BCUT2D eigenvalue weighted by atomic mass is 32.2. The first kappa shape index (κ1) is 22.7. The summed E-state index contributed by atoms with van der Waals surface area (Å²) in [5, 5.41) is 0. The molecule has 0 radical (unpaired) electrons. The second-order valence-electron chi connectivity index (χ2n) is 7.63. The Morgan fingerprint density at radius 1 is 1.14 bits per heavy atom. The van der Waals surface area contributed by atoms with Crippen LogP contribution >= 0.6 is 0 Å². The van der Waals surface area contributed by atoms with Crippen LogP contribution in [0.4, 0.5) is 4.39 Å². The van der Waals surface area contributed by atoms with E-state index in [-0.39, 0.29) is 6.10 Å². The Morgan fingerprint density at radius 2 is 1.82 bits per heavy atom. The number of benzene rings is 2. The van der Waals surface area contributed by atoms with Crippen molar-refractivity contribution >= 4 is 11.4 Å². The van der Waals surface area contributed by atoms with Gasteiger partial charge in [0.2, 0.25) is 0 Å². The van der Waals surface area contributed by atoms with Gasteiger partial charge in [0.05, 0.1) is 19.3 Å². The van der Waals surface area contributed by atoms with Crippen molar-refractivity contribution in [3.8, 4) is 5.75 Å². The van der Waals surface area contributed by atoms with E-state index in [1.807, 2.05) is 65.0 Å². The van der Waals surface area contributed by atoms with Crippen LogP contribution in [0.25, 0.3) is 0 Å². The fourth-order valence-corrected chi connectivity index (χ4v) is 3.55. The second-order valence-corrected chi connectivity index (χ2v) is 9.63. The summed E-state index contributed by atoms with van der Waals surface area (Å²) in [7, 11) is 0. The molecule has 28 heavy (non-hydrogen) atoms. The normalized spacial score (nSPS) is 15.1. The molecule has 0 saturated heterocycles. The molecule has 0 bridgehead atoms. The third-order valence-electron chi connectivity index (χ3n) is 4.18. The van der Waals surface area contributed by atoms with Gasteiger partial charge in [-0.1, -0.05) is 30.3 Å².